The third-order valence-corrected chi connectivity index (χ3v) is 4.91. The molecule has 0 saturated carbocycles. The maximum atomic E-state index is 12.6. The number of carbonyl (C=O) groups excluding carboxylic acids is 2. The lowest BCUT2D eigenvalue weighted by molar-refractivity contribution is 0.0733. The summed E-state index contributed by atoms with van der Waals surface area (Å²) in [5.41, 5.74) is 1.42. The first-order chi connectivity index (χ1) is 15.5. The average Bonchev–Trinajstić information content (AvgIpc) is 2.82. The molecular formula is C25H21ClO6. The SMILES string of the molecule is COc1cc(C(=O)Oc2ccc(C(=O)C=Cc3ccccc3Cl)cc2)cc(OC)c1OC. The highest BCUT2D eigenvalue weighted by atomic mass is 35.5. The van der Waals surface area contributed by atoms with Crippen molar-refractivity contribution in [1.82, 2.24) is 0 Å². The van der Waals surface area contributed by atoms with E-state index in [1.807, 2.05) is 18.2 Å². The first kappa shape index (κ1) is 22.9. The van der Waals surface area contributed by atoms with Gasteiger partial charge in [0.15, 0.2) is 17.3 Å². The minimum atomic E-state index is -0.609. The molecule has 0 fully saturated rings. The Morgan fingerprint density at radius 3 is 2.00 bits per heavy atom. The smallest absolute Gasteiger partial charge is 0.343 e. The maximum Gasteiger partial charge on any atom is 0.343 e. The summed E-state index contributed by atoms with van der Waals surface area (Å²) >= 11 is 6.09. The van der Waals surface area contributed by atoms with E-state index in [2.05, 4.69) is 0 Å². The van der Waals surface area contributed by atoms with E-state index in [0.717, 1.165) is 5.56 Å². The normalized spacial score (nSPS) is 10.6. The molecule has 164 valence electrons. The molecule has 0 N–H and O–H groups in total. The quantitative estimate of drug-likeness (QED) is 0.195. The van der Waals surface area contributed by atoms with E-state index in [4.69, 9.17) is 30.5 Å². The van der Waals surface area contributed by atoms with Crippen LogP contribution in [0.4, 0.5) is 0 Å². The molecular weight excluding hydrogens is 432 g/mol. The number of allylic oxidation sites excluding steroid dienone is 1. The van der Waals surface area contributed by atoms with E-state index in [-0.39, 0.29) is 17.1 Å². The van der Waals surface area contributed by atoms with Crippen LogP contribution in [0, 0.1) is 0 Å². The fraction of sp³-hybridized carbons (Fsp3) is 0.120. The number of halogens is 1. The van der Waals surface area contributed by atoms with Crippen LogP contribution in [0.2, 0.25) is 5.02 Å². The molecule has 0 aliphatic rings. The van der Waals surface area contributed by atoms with Crippen LogP contribution >= 0.6 is 11.6 Å². The molecule has 0 atom stereocenters. The minimum absolute atomic E-state index is 0.201. The van der Waals surface area contributed by atoms with Crippen LogP contribution in [0.5, 0.6) is 23.0 Å². The molecule has 32 heavy (non-hydrogen) atoms. The van der Waals surface area contributed by atoms with Crippen LogP contribution in [-0.4, -0.2) is 33.1 Å². The van der Waals surface area contributed by atoms with Gasteiger partial charge in [0.25, 0.3) is 0 Å². The number of ether oxygens (including phenoxy) is 4. The van der Waals surface area contributed by atoms with Crippen molar-refractivity contribution in [2.45, 2.75) is 0 Å². The van der Waals surface area contributed by atoms with Crippen LogP contribution < -0.4 is 18.9 Å². The fourth-order valence-electron chi connectivity index (χ4n) is 2.92. The Morgan fingerprint density at radius 1 is 0.812 bits per heavy atom. The standard InChI is InChI=1S/C25H21ClO6/c1-29-22-14-18(15-23(30-2)24(22)31-3)25(28)32-19-11-8-17(9-12-19)21(27)13-10-16-6-4-5-7-20(16)26/h4-15H,1-3H3. The van der Waals surface area contributed by atoms with Crippen molar-refractivity contribution in [3.63, 3.8) is 0 Å². The van der Waals surface area contributed by atoms with E-state index in [1.54, 1.807) is 36.4 Å². The number of ketones is 1. The Bertz CT molecular complexity index is 1130. The Balaban J connectivity index is 1.72. The molecule has 3 aromatic rings. The molecule has 0 saturated heterocycles. The number of methoxy groups -OCH3 is 3. The molecule has 0 aliphatic carbocycles. The van der Waals surface area contributed by atoms with Gasteiger partial charge in [0, 0.05) is 10.6 Å². The predicted octanol–water partition coefficient (Wildman–Crippen LogP) is 5.48. The monoisotopic (exact) mass is 452 g/mol. The molecule has 3 aromatic carbocycles. The first-order valence-corrected chi connectivity index (χ1v) is 9.93. The number of benzene rings is 3. The molecule has 0 aliphatic heterocycles. The largest absolute Gasteiger partial charge is 0.493 e. The van der Waals surface area contributed by atoms with E-state index in [0.29, 0.717) is 27.8 Å². The van der Waals surface area contributed by atoms with Crippen molar-refractivity contribution in [2.75, 3.05) is 21.3 Å². The molecule has 6 nitrogen and oxygen atoms in total. The lowest BCUT2D eigenvalue weighted by Gasteiger charge is -2.13. The van der Waals surface area contributed by atoms with Crippen molar-refractivity contribution in [1.29, 1.82) is 0 Å². The van der Waals surface area contributed by atoms with Crippen molar-refractivity contribution in [3.8, 4) is 23.0 Å². The summed E-state index contributed by atoms with van der Waals surface area (Å²) in [4.78, 5) is 25.0. The number of esters is 1. The molecule has 0 radical (unpaired) electrons. The van der Waals surface area contributed by atoms with Crippen molar-refractivity contribution < 1.29 is 28.5 Å². The number of hydrogen-bond donors (Lipinski definition) is 0. The Kier molecular flexibility index (Phi) is 7.52. The summed E-state index contributed by atoms with van der Waals surface area (Å²) < 4.78 is 21.2. The lowest BCUT2D eigenvalue weighted by Crippen LogP contribution is -2.10. The summed E-state index contributed by atoms with van der Waals surface area (Å²) in [6.45, 7) is 0. The van der Waals surface area contributed by atoms with E-state index < -0.39 is 5.97 Å². The van der Waals surface area contributed by atoms with Gasteiger partial charge in [0.1, 0.15) is 5.75 Å². The number of carbonyl (C=O) groups is 2. The molecule has 0 heterocycles. The first-order valence-electron chi connectivity index (χ1n) is 9.56. The van der Waals surface area contributed by atoms with Gasteiger partial charge in [-0.1, -0.05) is 29.8 Å². The van der Waals surface area contributed by atoms with Gasteiger partial charge in [-0.3, -0.25) is 4.79 Å². The zero-order valence-corrected chi connectivity index (χ0v) is 18.5. The van der Waals surface area contributed by atoms with Gasteiger partial charge in [0.2, 0.25) is 5.75 Å². The number of hydrogen-bond acceptors (Lipinski definition) is 6. The van der Waals surface area contributed by atoms with Gasteiger partial charge in [-0.25, -0.2) is 4.79 Å². The summed E-state index contributed by atoms with van der Waals surface area (Å²) in [6.07, 6.45) is 3.10. The second-order valence-electron chi connectivity index (χ2n) is 6.55. The third kappa shape index (κ3) is 5.28. The van der Waals surface area contributed by atoms with Gasteiger partial charge in [-0.15, -0.1) is 0 Å². The van der Waals surface area contributed by atoms with Crippen molar-refractivity contribution in [2.24, 2.45) is 0 Å². The van der Waals surface area contributed by atoms with Crippen LogP contribution in [-0.2, 0) is 0 Å². The summed E-state index contributed by atoms with van der Waals surface area (Å²) in [6, 6.07) is 16.5. The van der Waals surface area contributed by atoms with E-state index in [9.17, 15) is 9.59 Å². The van der Waals surface area contributed by atoms with Crippen molar-refractivity contribution >= 4 is 29.4 Å². The van der Waals surface area contributed by atoms with Gasteiger partial charge in [-0.05, 0) is 60.2 Å². The summed E-state index contributed by atoms with van der Waals surface area (Å²) in [5.74, 6) is 0.527. The molecule has 0 unspecified atom stereocenters. The summed E-state index contributed by atoms with van der Waals surface area (Å²) in [7, 11) is 4.40. The lowest BCUT2D eigenvalue weighted by atomic mass is 10.1. The van der Waals surface area contributed by atoms with Crippen molar-refractivity contribution in [3.05, 3.63) is 88.5 Å². The molecule has 7 heteroatoms. The van der Waals surface area contributed by atoms with Crippen LogP contribution in [0.15, 0.2) is 66.7 Å². The topological polar surface area (TPSA) is 71.1 Å². The van der Waals surface area contributed by atoms with Gasteiger partial charge < -0.3 is 18.9 Å². The Morgan fingerprint density at radius 2 is 1.44 bits per heavy atom. The highest BCUT2D eigenvalue weighted by Gasteiger charge is 2.18. The van der Waals surface area contributed by atoms with Gasteiger partial charge in [-0.2, -0.15) is 0 Å². The molecule has 0 amide bonds. The zero-order chi connectivity index (χ0) is 23.1. The third-order valence-electron chi connectivity index (χ3n) is 4.57. The summed E-state index contributed by atoms with van der Waals surface area (Å²) in [5, 5.41) is 0.561. The maximum absolute atomic E-state index is 12.6. The van der Waals surface area contributed by atoms with Gasteiger partial charge >= 0.3 is 5.97 Å². The second-order valence-corrected chi connectivity index (χ2v) is 6.95. The minimum Gasteiger partial charge on any atom is -0.493 e. The zero-order valence-electron chi connectivity index (χ0n) is 17.8. The Hall–Kier alpha value is -3.77. The molecule has 0 spiro atoms. The van der Waals surface area contributed by atoms with E-state index >= 15 is 0 Å². The van der Waals surface area contributed by atoms with Crippen LogP contribution in [0.1, 0.15) is 26.3 Å². The van der Waals surface area contributed by atoms with Crippen LogP contribution in [0.3, 0.4) is 0 Å². The number of rotatable bonds is 8. The predicted molar refractivity (Wildman–Crippen MR) is 122 cm³/mol. The molecule has 0 aromatic heterocycles. The van der Waals surface area contributed by atoms with Crippen LogP contribution in [0.25, 0.3) is 6.08 Å². The van der Waals surface area contributed by atoms with E-state index in [1.165, 1.54) is 39.5 Å². The van der Waals surface area contributed by atoms with Gasteiger partial charge in [0.05, 0.1) is 26.9 Å². The Labute approximate surface area is 190 Å². The highest BCUT2D eigenvalue weighted by Crippen LogP contribution is 2.38. The average molecular weight is 453 g/mol. The highest BCUT2D eigenvalue weighted by molar-refractivity contribution is 6.32. The fourth-order valence-corrected chi connectivity index (χ4v) is 3.12. The molecule has 3 rings (SSSR count). The molecule has 0 bridgehead atoms. The second kappa shape index (κ2) is 10.5.